The molecule has 9 nitrogen and oxygen atoms in total. The van der Waals surface area contributed by atoms with Gasteiger partial charge in [-0.2, -0.15) is 4.73 Å². The van der Waals surface area contributed by atoms with Gasteiger partial charge in [-0.05, 0) is 31.0 Å². The van der Waals surface area contributed by atoms with E-state index in [1.165, 1.54) is 29.1 Å². The minimum Gasteiger partial charge on any atom is -0.406 e. The first kappa shape index (κ1) is 23.1. The molecule has 3 amide bonds. The number of amides is 3. The lowest BCUT2D eigenvalue weighted by molar-refractivity contribution is -0.274. The van der Waals surface area contributed by atoms with E-state index >= 15 is 0 Å². The first-order valence-electron chi connectivity index (χ1n) is 10.4. The molecule has 1 saturated heterocycles. The summed E-state index contributed by atoms with van der Waals surface area (Å²) in [6, 6.07) is 12.0. The molecule has 180 valence electrons. The van der Waals surface area contributed by atoms with Crippen LogP contribution in [0.3, 0.4) is 0 Å². The van der Waals surface area contributed by atoms with Crippen molar-refractivity contribution < 1.29 is 32.3 Å². The summed E-state index contributed by atoms with van der Waals surface area (Å²) >= 11 is 0. The molecule has 0 bridgehead atoms. The average Bonchev–Trinajstić information content (AvgIpc) is 3.36. The average molecular weight is 477 g/mol. The van der Waals surface area contributed by atoms with Gasteiger partial charge in [0.05, 0.1) is 23.4 Å². The van der Waals surface area contributed by atoms with Crippen molar-refractivity contribution in [2.45, 2.75) is 25.2 Å². The van der Waals surface area contributed by atoms with Gasteiger partial charge in [-0.1, -0.05) is 24.3 Å². The smallest absolute Gasteiger partial charge is 0.406 e. The second-order valence-corrected chi connectivity index (χ2v) is 7.67. The van der Waals surface area contributed by atoms with E-state index in [1.807, 2.05) is 0 Å². The lowest BCUT2D eigenvalue weighted by Gasteiger charge is -2.25. The molecule has 1 fully saturated rings. The highest BCUT2D eigenvalue weighted by Gasteiger charge is 2.31. The van der Waals surface area contributed by atoms with Crippen molar-refractivity contribution in [3.05, 3.63) is 54.7 Å². The Morgan fingerprint density at radius 1 is 1.15 bits per heavy atom. The maximum Gasteiger partial charge on any atom is 0.573 e. The number of hydrogen-bond donors (Lipinski definition) is 3. The zero-order valence-electron chi connectivity index (χ0n) is 17.8. The van der Waals surface area contributed by atoms with Gasteiger partial charge in [-0.15, -0.1) is 13.2 Å². The van der Waals surface area contributed by atoms with Gasteiger partial charge < -0.3 is 30.8 Å². The van der Waals surface area contributed by atoms with Crippen LogP contribution in [0.5, 0.6) is 5.75 Å². The molecular weight excluding hydrogens is 455 g/mol. The molecule has 0 radical (unpaired) electrons. The maximum absolute atomic E-state index is 13.0. The number of primary amides is 1. The van der Waals surface area contributed by atoms with Crippen molar-refractivity contribution in [2.75, 3.05) is 23.7 Å². The number of benzene rings is 2. The normalized spacial score (nSPS) is 15.9. The number of nitrogens with two attached hydrogens (primary N) is 1. The lowest BCUT2D eigenvalue weighted by Crippen LogP contribution is -2.42. The number of nitrogens with one attached hydrogen (secondary N) is 2. The molecule has 1 atom stereocenters. The Balaban J connectivity index is 1.43. The zero-order valence-corrected chi connectivity index (χ0v) is 17.8. The first-order chi connectivity index (χ1) is 16.2. The number of carbonyl (C=O) groups excluding carboxylic acids is 2. The van der Waals surface area contributed by atoms with E-state index < -0.39 is 12.5 Å². The van der Waals surface area contributed by atoms with Gasteiger partial charge >= 0.3 is 18.5 Å². The van der Waals surface area contributed by atoms with Gasteiger partial charge in [0.1, 0.15) is 5.75 Å². The topological polar surface area (TPSA) is 111 Å². The highest BCUT2D eigenvalue weighted by molar-refractivity contribution is 6.01. The van der Waals surface area contributed by atoms with Gasteiger partial charge in [-0.3, -0.25) is 0 Å². The van der Waals surface area contributed by atoms with Crippen LogP contribution in [-0.4, -0.2) is 47.2 Å². The number of para-hydroxylation sites is 1. The van der Waals surface area contributed by atoms with E-state index in [0.29, 0.717) is 35.4 Å². The summed E-state index contributed by atoms with van der Waals surface area (Å²) in [7, 11) is 0. The highest BCUT2D eigenvalue weighted by Crippen LogP contribution is 2.28. The van der Waals surface area contributed by atoms with Crippen molar-refractivity contribution in [3.8, 4) is 5.75 Å². The number of aromatic nitrogens is 1. The van der Waals surface area contributed by atoms with Crippen LogP contribution in [0.25, 0.3) is 10.9 Å². The molecule has 2 aromatic carbocycles. The molecule has 34 heavy (non-hydrogen) atoms. The monoisotopic (exact) mass is 477 g/mol. The lowest BCUT2D eigenvalue weighted by atomic mass is 10.2. The Labute approximate surface area is 192 Å². The number of rotatable bonds is 6. The molecule has 4 N–H and O–H groups in total. The van der Waals surface area contributed by atoms with Gasteiger partial charge in [0.25, 0.3) is 0 Å². The summed E-state index contributed by atoms with van der Waals surface area (Å²) in [5.74, 6) is -0.326. The molecule has 0 aliphatic carbocycles. The number of alkyl halides is 3. The van der Waals surface area contributed by atoms with Crippen LogP contribution >= 0.6 is 0 Å². The molecule has 3 aromatic rings. The molecule has 2 heterocycles. The molecule has 12 heteroatoms. The number of likely N-dealkylation sites (tertiary alicyclic amines) is 1. The third kappa shape index (κ3) is 5.45. The minimum absolute atomic E-state index is 0.178. The zero-order chi connectivity index (χ0) is 24.3. The van der Waals surface area contributed by atoms with Crippen molar-refractivity contribution >= 4 is 34.4 Å². The number of nitrogens with zero attached hydrogens (tertiary/aromatic N) is 2. The van der Waals surface area contributed by atoms with Crippen LogP contribution in [0, 0.1) is 0 Å². The molecule has 4 rings (SSSR count). The first-order valence-corrected chi connectivity index (χ1v) is 10.4. The fourth-order valence-electron chi connectivity index (χ4n) is 3.96. The third-order valence-electron chi connectivity index (χ3n) is 5.36. The summed E-state index contributed by atoms with van der Waals surface area (Å²) < 4.78 is 42.5. The van der Waals surface area contributed by atoms with E-state index in [0.717, 1.165) is 12.8 Å². The number of anilines is 2. The molecule has 0 saturated carbocycles. The van der Waals surface area contributed by atoms with Gasteiger partial charge in [0, 0.05) is 30.2 Å². The van der Waals surface area contributed by atoms with Gasteiger partial charge in [0.15, 0.2) is 0 Å². The predicted molar refractivity (Wildman–Crippen MR) is 118 cm³/mol. The van der Waals surface area contributed by atoms with E-state index in [4.69, 9.17) is 10.6 Å². The SMILES string of the molecule is NC(=O)On1cc(NC(=O)N2CCC[C@H]2CNc2cccc(OC(F)(F)F)c2)c2ccccc21. The van der Waals surface area contributed by atoms with Crippen LogP contribution < -0.4 is 25.9 Å². The highest BCUT2D eigenvalue weighted by atomic mass is 19.4. The van der Waals surface area contributed by atoms with Crippen LogP contribution in [0.15, 0.2) is 54.7 Å². The Hall–Kier alpha value is -4.09. The maximum atomic E-state index is 13.0. The largest absolute Gasteiger partial charge is 0.573 e. The Morgan fingerprint density at radius 3 is 2.71 bits per heavy atom. The summed E-state index contributed by atoms with van der Waals surface area (Å²) in [5.41, 5.74) is 6.56. The fourth-order valence-corrected chi connectivity index (χ4v) is 3.96. The van der Waals surface area contributed by atoms with Crippen molar-refractivity contribution in [1.82, 2.24) is 9.63 Å². The van der Waals surface area contributed by atoms with Gasteiger partial charge in [-0.25, -0.2) is 9.59 Å². The van der Waals surface area contributed by atoms with Crippen LogP contribution in [-0.2, 0) is 0 Å². The number of halogens is 3. The minimum atomic E-state index is -4.77. The summed E-state index contributed by atoms with van der Waals surface area (Å²) in [6.07, 6.45) is -2.79. The quantitative estimate of drug-likeness (QED) is 0.494. The van der Waals surface area contributed by atoms with Crippen molar-refractivity contribution in [1.29, 1.82) is 0 Å². The number of urea groups is 1. The van der Waals surface area contributed by atoms with Crippen LogP contribution in [0.2, 0.25) is 0 Å². The van der Waals surface area contributed by atoms with E-state index in [9.17, 15) is 22.8 Å². The number of fused-ring (bicyclic) bond motifs is 1. The molecule has 1 aromatic heterocycles. The van der Waals surface area contributed by atoms with E-state index in [2.05, 4.69) is 15.4 Å². The summed E-state index contributed by atoms with van der Waals surface area (Å²) in [5, 5.41) is 6.58. The molecular formula is C22H22F3N5O4. The number of ether oxygens (including phenoxy) is 1. The predicted octanol–water partition coefficient (Wildman–Crippen LogP) is 4.16. The molecule has 1 aliphatic heterocycles. The van der Waals surface area contributed by atoms with Crippen LogP contribution in [0.1, 0.15) is 12.8 Å². The number of carbonyl (C=O) groups is 2. The van der Waals surface area contributed by atoms with E-state index in [1.54, 1.807) is 35.2 Å². The summed E-state index contributed by atoms with van der Waals surface area (Å²) in [6.45, 7) is 0.862. The van der Waals surface area contributed by atoms with E-state index in [-0.39, 0.29) is 17.8 Å². The number of hydrogen-bond acceptors (Lipinski definition) is 5. The second kappa shape index (κ2) is 9.41. The van der Waals surface area contributed by atoms with Gasteiger partial charge in [0.2, 0.25) is 0 Å². The second-order valence-electron chi connectivity index (χ2n) is 7.67. The van der Waals surface area contributed by atoms with Crippen LogP contribution in [0.4, 0.5) is 34.1 Å². The Kier molecular flexibility index (Phi) is 6.39. The molecule has 0 spiro atoms. The van der Waals surface area contributed by atoms with Crippen molar-refractivity contribution in [3.63, 3.8) is 0 Å². The third-order valence-corrected chi connectivity index (χ3v) is 5.36. The Morgan fingerprint density at radius 2 is 1.94 bits per heavy atom. The van der Waals surface area contributed by atoms with Crippen molar-refractivity contribution in [2.24, 2.45) is 5.73 Å². The summed E-state index contributed by atoms with van der Waals surface area (Å²) in [4.78, 5) is 30.8. The molecule has 1 aliphatic rings. The standard InChI is InChI=1S/C22H22F3N5O4/c23-22(24,25)33-16-7-3-5-14(11-16)27-12-15-6-4-10-29(15)21(32)28-18-13-30(34-20(26)31)19-9-2-1-8-17(18)19/h1-3,5,7-9,11,13,15,27H,4,6,10,12H2,(H2,26,31)(H,28,32)/t15-/m0/s1. The molecule has 0 unspecified atom stereocenters. The Bertz CT molecular complexity index is 1200. The fraction of sp³-hybridized carbons (Fsp3) is 0.273.